The Morgan fingerprint density at radius 3 is 3.06 bits per heavy atom. The summed E-state index contributed by atoms with van der Waals surface area (Å²) in [7, 11) is 0. The predicted octanol–water partition coefficient (Wildman–Crippen LogP) is 2.08. The molecule has 1 atom stereocenters. The third-order valence-electron chi connectivity index (χ3n) is 2.91. The summed E-state index contributed by atoms with van der Waals surface area (Å²) in [5, 5.41) is 10.5. The number of nitrogens with zero attached hydrogens (tertiary/aromatic N) is 2. The van der Waals surface area contributed by atoms with Gasteiger partial charge in [-0.2, -0.15) is 0 Å². The maximum atomic E-state index is 9.99. The van der Waals surface area contributed by atoms with Crippen molar-refractivity contribution in [3.05, 3.63) is 29.0 Å². The largest absolute Gasteiger partial charge is 0.389 e. The summed E-state index contributed by atoms with van der Waals surface area (Å²) in [6.07, 6.45) is 1.92. The highest BCUT2D eigenvalue weighted by Crippen LogP contribution is 2.21. The fraction of sp³-hybridized carbons (Fsp3) is 0.583. The van der Waals surface area contributed by atoms with Crippen LogP contribution in [0.2, 0.25) is 5.15 Å². The van der Waals surface area contributed by atoms with E-state index in [0.717, 1.165) is 31.6 Å². The maximum absolute atomic E-state index is 9.99. The summed E-state index contributed by atoms with van der Waals surface area (Å²) in [6, 6.07) is 5.65. The first kappa shape index (κ1) is 11.8. The molecule has 88 valence electrons. The third kappa shape index (κ3) is 3.17. The fourth-order valence-corrected chi connectivity index (χ4v) is 2.41. The molecule has 0 aromatic carbocycles. The van der Waals surface area contributed by atoms with Crippen LogP contribution in [0.5, 0.6) is 0 Å². The molecule has 0 aliphatic carbocycles. The van der Waals surface area contributed by atoms with Gasteiger partial charge in [0.15, 0.2) is 0 Å². The molecule has 1 saturated heterocycles. The van der Waals surface area contributed by atoms with Crippen LogP contribution >= 0.6 is 11.6 Å². The summed E-state index contributed by atoms with van der Waals surface area (Å²) in [6.45, 7) is 4.38. The standard InChI is InChI=1S/C12H17ClN2O/c1-12(16)6-3-7-15(9-12)8-10-4-2-5-11(13)14-10/h2,4-5,16H,3,6-9H2,1H3. The number of aliphatic hydroxyl groups is 1. The van der Waals surface area contributed by atoms with Gasteiger partial charge in [0, 0.05) is 13.1 Å². The number of halogens is 1. The zero-order chi connectivity index (χ0) is 11.6. The molecule has 1 fully saturated rings. The number of rotatable bonds is 2. The lowest BCUT2D eigenvalue weighted by Crippen LogP contribution is -2.45. The van der Waals surface area contributed by atoms with Gasteiger partial charge in [0.05, 0.1) is 11.3 Å². The van der Waals surface area contributed by atoms with Gasteiger partial charge < -0.3 is 5.11 Å². The molecule has 3 nitrogen and oxygen atoms in total. The van der Waals surface area contributed by atoms with Crippen LogP contribution in [0.3, 0.4) is 0 Å². The van der Waals surface area contributed by atoms with Gasteiger partial charge >= 0.3 is 0 Å². The molecule has 1 aliphatic heterocycles. The molecule has 1 aromatic rings. The van der Waals surface area contributed by atoms with Crippen LogP contribution in [0.15, 0.2) is 18.2 Å². The summed E-state index contributed by atoms with van der Waals surface area (Å²) in [5.41, 5.74) is 0.404. The van der Waals surface area contributed by atoms with Crippen molar-refractivity contribution in [2.75, 3.05) is 13.1 Å². The molecule has 0 amide bonds. The van der Waals surface area contributed by atoms with Crippen molar-refractivity contribution < 1.29 is 5.11 Å². The predicted molar refractivity (Wildman–Crippen MR) is 64.4 cm³/mol. The average Bonchev–Trinajstić information content (AvgIpc) is 2.15. The average molecular weight is 241 g/mol. The number of aromatic nitrogens is 1. The molecule has 2 heterocycles. The SMILES string of the molecule is CC1(O)CCCN(Cc2cccc(Cl)n2)C1. The summed E-state index contributed by atoms with van der Waals surface area (Å²) in [5.74, 6) is 0. The van der Waals surface area contributed by atoms with Crippen LogP contribution in [0.4, 0.5) is 0 Å². The molecular weight excluding hydrogens is 224 g/mol. The normalized spacial score (nSPS) is 26.9. The molecule has 16 heavy (non-hydrogen) atoms. The third-order valence-corrected chi connectivity index (χ3v) is 3.12. The van der Waals surface area contributed by atoms with Gasteiger partial charge in [0.1, 0.15) is 5.15 Å². The van der Waals surface area contributed by atoms with Gasteiger partial charge in [0.25, 0.3) is 0 Å². The molecule has 1 N–H and O–H groups in total. The first-order chi connectivity index (χ1) is 7.55. The van der Waals surface area contributed by atoms with Crippen molar-refractivity contribution in [2.24, 2.45) is 0 Å². The minimum Gasteiger partial charge on any atom is -0.389 e. The van der Waals surface area contributed by atoms with Crippen LogP contribution in [0.25, 0.3) is 0 Å². The second-order valence-corrected chi connectivity index (χ2v) is 5.15. The summed E-state index contributed by atoms with van der Waals surface area (Å²) >= 11 is 5.84. The van der Waals surface area contributed by atoms with Gasteiger partial charge in [0.2, 0.25) is 0 Å². The number of piperidine rings is 1. The lowest BCUT2D eigenvalue weighted by atomic mass is 9.95. The zero-order valence-corrected chi connectivity index (χ0v) is 10.2. The number of hydrogen-bond acceptors (Lipinski definition) is 3. The van der Waals surface area contributed by atoms with Crippen LogP contribution in [-0.4, -0.2) is 33.7 Å². The van der Waals surface area contributed by atoms with Crippen molar-refractivity contribution in [1.29, 1.82) is 0 Å². The van der Waals surface area contributed by atoms with E-state index in [9.17, 15) is 5.11 Å². The van der Waals surface area contributed by atoms with Gasteiger partial charge in [-0.1, -0.05) is 17.7 Å². The van der Waals surface area contributed by atoms with E-state index >= 15 is 0 Å². The Morgan fingerprint density at radius 2 is 2.38 bits per heavy atom. The molecular formula is C12H17ClN2O. The molecule has 2 rings (SSSR count). The number of β-amino-alcohol motifs (C(OH)–C–C–N with tert-alkyl or cyclic N) is 1. The molecule has 0 radical (unpaired) electrons. The second-order valence-electron chi connectivity index (χ2n) is 4.76. The topological polar surface area (TPSA) is 36.4 Å². The van der Waals surface area contributed by atoms with E-state index < -0.39 is 5.60 Å². The van der Waals surface area contributed by atoms with Crippen LogP contribution in [0.1, 0.15) is 25.5 Å². The molecule has 1 aliphatic rings. The number of likely N-dealkylation sites (tertiary alicyclic amines) is 1. The van der Waals surface area contributed by atoms with Gasteiger partial charge in [-0.25, -0.2) is 4.98 Å². The quantitative estimate of drug-likeness (QED) is 0.805. The molecule has 4 heteroatoms. The number of pyridine rings is 1. The van der Waals surface area contributed by atoms with E-state index in [1.165, 1.54) is 0 Å². The smallest absolute Gasteiger partial charge is 0.129 e. The van der Waals surface area contributed by atoms with E-state index in [1.807, 2.05) is 19.1 Å². The fourth-order valence-electron chi connectivity index (χ4n) is 2.23. The Hall–Kier alpha value is -0.640. The van der Waals surface area contributed by atoms with Gasteiger partial charge in [-0.05, 0) is 38.4 Å². The van der Waals surface area contributed by atoms with Gasteiger partial charge in [-0.3, -0.25) is 4.90 Å². The van der Waals surface area contributed by atoms with E-state index in [1.54, 1.807) is 6.07 Å². The Kier molecular flexibility index (Phi) is 3.47. The Balaban J connectivity index is 1.99. The van der Waals surface area contributed by atoms with Crippen molar-refractivity contribution in [2.45, 2.75) is 31.9 Å². The first-order valence-corrected chi connectivity index (χ1v) is 5.99. The summed E-state index contributed by atoms with van der Waals surface area (Å²) < 4.78 is 0. The molecule has 0 spiro atoms. The van der Waals surface area contributed by atoms with Crippen LogP contribution in [0, 0.1) is 0 Å². The lowest BCUT2D eigenvalue weighted by Gasteiger charge is -2.36. The van der Waals surface area contributed by atoms with Crippen molar-refractivity contribution >= 4 is 11.6 Å². The Bertz CT molecular complexity index is 368. The first-order valence-electron chi connectivity index (χ1n) is 5.61. The van der Waals surface area contributed by atoms with Crippen LogP contribution in [-0.2, 0) is 6.54 Å². The van der Waals surface area contributed by atoms with E-state index in [0.29, 0.717) is 11.7 Å². The number of hydrogen-bond donors (Lipinski definition) is 1. The zero-order valence-electron chi connectivity index (χ0n) is 9.49. The molecule has 1 aromatic heterocycles. The highest BCUT2D eigenvalue weighted by molar-refractivity contribution is 6.29. The molecule has 1 unspecified atom stereocenters. The Labute approximate surface area is 101 Å². The van der Waals surface area contributed by atoms with E-state index in [4.69, 9.17) is 11.6 Å². The molecule has 0 saturated carbocycles. The highest BCUT2D eigenvalue weighted by Gasteiger charge is 2.28. The van der Waals surface area contributed by atoms with Crippen molar-refractivity contribution in [3.63, 3.8) is 0 Å². The maximum Gasteiger partial charge on any atom is 0.129 e. The minimum atomic E-state index is -0.559. The van der Waals surface area contributed by atoms with Crippen LogP contribution < -0.4 is 0 Å². The second kappa shape index (κ2) is 4.70. The van der Waals surface area contributed by atoms with E-state index in [-0.39, 0.29) is 0 Å². The monoisotopic (exact) mass is 240 g/mol. The van der Waals surface area contributed by atoms with Crippen molar-refractivity contribution in [3.8, 4) is 0 Å². The van der Waals surface area contributed by atoms with Gasteiger partial charge in [-0.15, -0.1) is 0 Å². The van der Waals surface area contributed by atoms with Crippen molar-refractivity contribution in [1.82, 2.24) is 9.88 Å². The molecule has 0 bridgehead atoms. The Morgan fingerprint density at radius 1 is 1.56 bits per heavy atom. The highest BCUT2D eigenvalue weighted by atomic mass is 35.5. The lowest BCUT2D eigenvalue weighted by molar-refractivity contribution is -0.0184. The van der Waals surface area contributed by atoms with E-state index in [2.05, 4.69) is 9.88 Å². The minimum absolute atomic E-state index is 0.529. The summed E-state index contributed by atoms with van der Waals surface area (Å²) in [4.78, 5) is 6.48.